The first-order valence-electron chi connectivity index (χ1n) is 6.98. The van der Waals surface area contributed by atoms with Gasteiger partial charge in [0.2, 0.25) is 0 Å². The summed E-state index contributed by atoms with van der Waals surface area (Å²) in [6.07, 6.45) is 0. The van der Waals surface area contributed by atoms with Crippen molar-refractivity contribution >= 4 is 40.8 Å². The van der Waals surface area contributed by atoms with Crippen LogP contribution in [0.1, 0.15) is 39.0 Å². The number of H-pyrrole nitrogens is 1. The standard InChI is InChI=1S/C16H16Cl2N2O3/c1-4-23-16(22)12-8(2)14(19-9(12)3)15(21)20-11-7-5-6-10(17)13(11)18/h5-7,19H,4H2,1-3H3,(H,20,21). The lowest BCUT2D eigenvalue weighted by Gasteiger charge is -2.08. The Kier molecular flexibility index (Phi) is 5.34. The number of aromatic nitrogens is 1. The summed E-state index contributed by atoms with van der Waals surface area (Å²) in [6.45, 7) is 5.39. The molecule has 2 N–H and O–H groups in total. The zero-order valence-corrected chi connectivity index (χ0v) is 14.4. The van der Waals surface area contributed by atoms with E-state index in [2.05, 4.69) is 10.3 Å². The third-order valence-corrected chi connectivity index (χ3v) is 4.16. The molecule has 0 fully saturated rings. The second kappa shape index (κ2) is 7.06. The Morgan fingerprint density at radius 1 is 1.26 bits per heavy atom. The number of rotatable bonds is 4. The summed E-state index contributed by atoms with van der Waals surface area (Å²) in [4.78, 5) is 27.3. The van der Waals surface area contributed by atoms with Gasteiger partial charge < -0.3 is 15.0 Å². The second-order valence-electron chi connectivity index (χ2n) is 4.90. The van der Waals surface area contributed by atoms with Crippen molar-refractivity contribution in [1.29, 1.82) is 0 Å². The van der Waals surface area contributed by atoms with Crippen LogP contribution in [0, 0.1) is 13.8 Å². The van der Waals surface area contributed by atoms with Crippen LogP contribution in [-0.2, 0) is 4.74 Å². The number of aromatic amines is 1. The van der Waals surface area contributed by atoms with E-state index >= 15 is 0 Å². The number of carbonyl (C=O) groups excluding carboxylic acids is 2. The maximum Gasteiger partial charge on any atom is 0.340 e. The molecule has 0 spiro atoms. The molecule has 0 aliphatic rings. The van der Waals surface area contributed by atoms with Crippen molar-refractivity contribution in [1.82, 2.24) is 4.98 Å². The average Bonchev–Trinajstić information content (AvgIpc) is 2.79. The minimum atomic E-state index is -0.460. The molecule has 23 heavy (non-hydrogen) atoms. The quantitative estimate of drug-likeness (QED) is 0.800. The van der Waals surface area contributed by atoms with Crippen LogP contribution in [0.15, 0.2) is 18.2 Å². The van der Waals surface area contributed by atoms with Crippen LogP contribution in [0.2, 0.25) is 10.0 Å². The van der Waals surface area contributed by atoms with E-state index in [9.17, 15) is 9.59 Å². The number of benzene rings is 1. The van der Waals surface area contributed by atoms with Gasteiger partial charge in [0.1, 0.15) is 5.69 Å². The predicted octanol–water partition coefficient (Wildman–Crippen LogP) is 4.37. The number of esters is 1. The van der Waals surface area contributed by atoms with Gasteiger partial charge in [0.15, 0.2) is 0 Å². The van der Waals surface area contributed by atoms with E-state index in [-0.39, 0.29) is 17.3 Å². The molecule has 1 amide bonds. The fourth-order valence-electron chi connectivity index (χ4n) is 2.27. The van der Waals surface area contributed by atoms with Gasteiger partial charge >= 0.3 is 5.97 Å². The number of amides is 1. The van der Waals surface area contributed by atoms with E-state index in [0.717, 1.165) is 0 Å². The maximum atomic E-state index is 12.4. The summed E-state index contributed by atoms with van der Waals surface area (Å²) in [6, 6.07) is 4.95. The number of aryl methyl sites for hydroxylation is 1. The minimum Gasteiger partial charge on any atom is -0.462 e. The Morgan fingerprint density at radius 2 is 1.96 bits per heavy atom. The highest BCUT2D eigenvalue weighted by atomic mass is 35.5. The van der Waals surface area contributed by atoms with Gasteiger partial charge in [-0.3, -0.25) is 4.79 Å². The molecular weight excluding hydrogens is 339 g/mol. The first-order valence-corrected chi connectivity index (χ1v) is 7.74. The Balaban J connectivity index is 2.32. The molecule has 1 aromatic heterocycles. The van der Waals surface area contributed by atoms with Gasteiger partial charge in [0.25, 0.3) is 5.91 Å². The van der Waals surface area contributed by atoms with E-state index in [1.807, 2.05) is 0 Å². The monoisotopic (exact) mass is 354 g/mol. The highest BCUT2D eigenvalue weighted by Gasteiger charge is 2.23. The van der Waals surface area contributed by atoms with E-state index < -0.39 is 11.9 Å². The summed E-state index contributed by atoms with van der Waals surface area (Å²) in [7, 11) is 0. The van der Waals surface area contributed by atoms with Crippen molar-refractivity contribution < 1.29 is 14.3 Å². The molecule has 2 rings (SSSR count). The zero-order valence-electron chi connectivity index (χ0n) is 12.9. The van der Waals surface area contributed by atoms with Crippen molar-refractivity contribution in [2.24, 2.45) is 0 Å². The molecule has 2 aromatic rings. The number of carbonyl (C=O) groups is 2. The van der Waals surface area contributed by atoms with Gasteiger partial charge in [-0.2, -0.15) is 0 Å². The third-order valence-electron chi connectivity index (χ3n) is 3.34. The number of nitrogens with one attached hydrogen (secondary N) is 2. The molecule has 0 unspecified atom stereocenters. The van der Waals surface area contributed by atoms with Crippen LogP contribution in [0.3, 0.4) is 0 Å². The Hall–Kier alpha value is -1.98. The van der Waals surface area contributed by atoms with Crippen molar-refractivity contribution in [3.8, 4) is 0 Å². The molecule has 0 saturated carbocycles. The second-order valence-corrected chi connectivity index (χ2v) is 5.69. The molecule has 1 heterocycles. The topological polar surface area (TPSA) is 71.2 Å². The number of halogens is 2. The Bertz CT molecular complexity index is 769. The van der Waals surface area contributed by atoms with Crippen LogP contribution in [-0.4, -0.2) is 23.5 Å². The van der Waals surface area contributed by atoms with Gasteiger partial charge in [0, 0.05) is 5.69 Å². The lowest BCUT2D eigenvalue weighted by molar-refractivity contribution is 0.0525. The molecule has 0 aliphatic carbocycles. The van der Waals surface area contributed by atoms with E-state index in [1.54, 1.807) is 39.0 Å². The SMILES string of the molecule is CCOC(=O)c1c(C)[nH]c(C(=O)Nc2cccc(Cl)c2Cl)c1C. The molecule has 0 saturated heterocycles. The molecular formula is C16H16Cl2N2O3. The summed E-state index contributed by atoms with van der Waals surface area (Å²) < 4.78 is 5.01. The van der Waals surface area contributed by atoms with Crippen LogP contribution >= 0.6 is 23.2 Å². The van der Waals surface area contributed by atoms with Crippen molar-refractivity contribution in [2.45, 2.75) is 20.8 Å². The highest BCUT2D eigenvalue weighted by Crippen LogP contribution is 2.30. The average molecular weight is 355 g/mol. The number of hydrogen-bond donors (Lipinski definition) is 2. The normalized spacial score (nSPS) is 10.5. The number of hydrogen-bond acceptors (Lipinski definition) is 3. The highest BCUT2D eigenvalue weighted by molar-refractivity contribution is 6.44. The lowest BCUT2D eigenvalue weighted by Crippen LogP contribution is -2.14. The molecule has 0 aliphatic heterocycles. The summed E-state index contributed by atoms with van der Waals surface area (Å²) in [5, 5.41) is 3.28. The Labute approximate surface area is 143 Å². The summed E-state index contributed by atoms with van der Waals surface area (Å²) in [5.74, 6) is -0.871. The fourth-order valence-corrected chi connectivity index (χ4v) is 2.62. The first kappa shape index (κ1) is 17.4. The number of ether oxygens (including phenoxy) is 1. The van der Waals surface area contributed by atoms with Crippen LogP contribution in [0.25, 0.3) is 0 Å². The van der Waals surface area contributed by atoms with E-state index in [0.29, 0.717) is 27.5 Å². The largest absolute Gasteiger partial charge is 0.462 e. The molecule has 1 aromatic carbocycles. The molecule has 7 heteroatoms. The van der Waals surface area contributed by atoms with Crippen LogP contribution < -0.4 is 5.32 Å². The Morgan fingerprint density at radius 3 is 2.61 bits per heavy atom. The third kappa shape index (κ3) is 3.51. The van der Waals surface area contributed by atoms with Crippen LogP contribution in [0.4, 0.5) is 5.69 Å². The summed E-state index contributed by atoms with van der Waals surface area (Å²) in [5.41, 5.74) is 2.14. The van der Waals surface area contributed by atoms with Gasteiger partial charge in [-0.1, -0.05) is 29.3 Å². The molecule has 122 valence electrons. The maximum absolute atomic E-state index is 12.4. The van der Waals surface area contributed by atoms with Crippen LogP contribution in [0.5, 0.6) is 0 Å². The predicted molar refractivity (Wildman–Crippen MR) is 90.6 cm³/mol. The van der Waals surface area contributed by atoms with Gasteiger partial charge in [0.05, 0.1) is 27.9 Å². The van der Waals surface area contributed by atoms with E-state index in [1.165, 1.54) is 0 Å². The van der Waals surface area contributed by atoms with E-state index in [4.69, 9.17) is 27.9 Å². The molecule has 0 atom stereocenters. The summed E-state index contributed by atoms with van der Waals surface area (Å²) >= 11 is 12.0. The zero-order chi connectivity index (χ0) is 17.1. The first-order chi connectivity index (χ1) is 10.9. The molecule has 0 radical (unpaired) electrons. The van der Waals surface area contributed by atoms with Crippen molar-refractivity contribution in [3.63, 3.8) is 0 Å². The van der Waals surface area contributed by atoms with Crippen molar-refractivity contribution in [2.75, 3.05) is 11.9 Å². The van der Waals surface area contributed by atoms with Gasteiger partial charge in [-0.15, -0.1) is 0 Å². The fraction of sp³-hybridized carbons (Fsp3) is 0.250. The molecule has 0 bridgehead atoms. The minimum absolute atomic E-state index is 0.258. The lowest BCUT2D eigenvalue weighted by atomic mass is 10.1. The van der Waals surface area contributed by atoms with Gasteiger partial charge in [-0.25, -0.2) is 4.79 Å². The van der Waals surface area contributed by atoms with Crippen molar-refractivity contribution in [3.05, 3.63) is 50.8 Å². The molecule has 5 nitrogen and oxygen atoms in total. The number of anilines is 1. The van der Waals surface area contributed by atoms with Gasteiger partial charge in [-0.05, 0) is 38.5 Å². The smallest absolute Gasteiger partial charge is 0.340 e.